The van der Waals surface area contributed by atoms with Gasteiger partial charge >= 0.3 is 0 Å². The zero-order chi connectivity index (χ0) is 15.1. The third-order valence-electron chi connectivity index (χ3n) is 3.39. The minimum absolute atomic E-state index is 0.131. The van der Waals surface area contributed by atoms with E-state index < -0.39 is 4.92 Å². The molecule has 21 heavy (non-hydrogen) atoms. The third-order valence-corrected chi connectivity index (χ3v) is 3.39. The quantitative estimate of drug-likeness (QED) is 0.312. The molecular weight excluding hydrogens is 272 g/mol. The SMILES string of the molecule is Cc1cccc(C)c1-n1nc2ccc([N+](=O)[O-])cc2[n+]1[O-]. The van der Waals surface area contributed by atoms with Crippen molar-refractivity contribution in [3.63, 3.8) is 0 Å². The lowest BCUT2D eigenvalue weighted by Gasteiger charge is -2.08. The number of nitro groups is 1. The number of nitrogens with zero attached hydrogens (tertiary/aromatic N) is 4. The summed E-state index contributed by atoms with van der Waals surface area (Å²) in [5, 5.41) is 27.5. The second-order valence-corrected chi connectivity index (χ2v) is 4.83. The standard InChI is InChI=1S/C14H12N4O3/c1-9-4-3-5-10(2)14(9)16-15-12-7-6-11(18(20)21)8-13(12)17(16)19/h3-8H,1-2H3. The Morgan fingerprint density at radius 3 is 2.48 bits per heavy atom. The van der Waals surface area contributed by atoms with Crippen molar-refractivity contribution >= 4 is 16.7 Å². The zero-order valence-electron chi connectivity index (χ0n) is 11.5. The number of aryl methyl sites for hydroxylation is 2. The highest BCUT2D eigenvalue weighted by molar-refractivity contribution is 5.74. The first-order valence-electron chi connectivity index (χ1n) is 6.32. The van der Waals surface area contributed by atoms with E-state index in [-0.39, 0.29) is 11.2 Å². The monoisotopic (exact) mass is 284 g/mol. The lowest BCUT2D eigenvalue weighted by atomic mass is 10.1. The normalized spacial score (nSPS) is 11.0. The molecule has 0 N–H and O–H groups in total. The molecule has 2 aromatic carbocycles. The summed E-state index contributed by atoms with van der Waals surface area (Å²) in [4.78, 5) is 12.1. The summed E-state index contributed by atoms with van der Waals surface area (Å²) in [5.41, 5.74) is 2.95. The summed E-state index contributed by atoms with van der Waals surface area (Å²) in [5.74, 6) is 0. The van der Waals surface area contributed by atoms with Gasteiger partial charge in [0.2, 0.25) is 5.52 Å². The molecule has 0 aliphatic rings. The highest BCUT2D eigenvalue weighted by Crippen LogP contribution is 2.20. The van der Waals surface area contributed by atoms with Crippen LogP contribution < -0.4 is 4.85 Å². The number of nitro benzene ring substituents is 1. The van der Waals surface area contributed by atoms with Gasteiger partial charge in [-0.15, -0.1) is 4.85 Å². The maximum absolute atomic E-state index is 12.4. The zero-order valence-corrected chi connectivity index (χ0v) is 11.5. The first-order chi connectivity index (χ1) is 9.99. The van der Waals surface area contributed by atoms with Crippen LogP contribution in [0.4, 0.5) is 5.69 Å². The molecule has 0 saturated carbocycles. The summed E-state index contributed by atoms with van der Waals surface area (Å²) in [6, 6.07) is 9.72. The highest BCUT2D eigenvalue weighted by atomic mass is 16.6. The smallest absolute Gasteiger partial charge is 0.274 e. The molecule has 0 spiro atoms. The van der Waals surface area contributed by atoms with Crippen LogP contribution in [-0.4, -0.2) is 14.8 Å². The van der Waals surface area contributed by atoms with Crippen LogP contribution in [0.1, 0.15) is 11.1 Å². The number of hydrogen-bond donors (Lipinski definition) is 0. The molecule has 0 fully saturated rings. The van der Waals surface area contributed by atoms with Gasteiger partial charge in [0.1, 0.15) is 5.69 Å². The molecule has 7 heteroatoms. The highest BCUT2D eigenvalue weighted by Gasteiger charge is 2.21. The van der Waals surface area contributed by atoms with E-state index in [1.807, 2.05) is 32.0 Å². The van der Waals surface area contributed by atoms with Crippen molar-refractivity contribution in [2.24, 2.45) is 0 Å². The van der Waals surface area contributed by atoms with Crippen LogP contribution in [0.3, 0.4) is 0 Å². The Balaban J connectivity index is 2.30. The summed E-state index contributed by atoms with van der Waals surface area (Å²) in [6.07, 6.45) is 0. The van der Waals surface area contributed by atoms with Crippen LogP contribution in [0, 0.1) is 29.2 Å². The molecule has 0 amide bonds. The Hall–Kier alpha value is -2.96. The predicted molar refractivity (Wildman–Crippen MR) is 76.2 cm³/mol. The van der Waals surface area contributed by atoms with Crippen molar-refractivity contribution in [2.75, 3.05) is 0 Å². The first-order valence-corrected chi connectivity index (χ1v) is 6.32. The lowest BCUT2D eigenvalue weighted by Crippen LogP contribution is -2.37. The molecule has 3 aromatic rings. The molecule has 0 aliphatic carbocycles. The van der Waals surface area contributed by atoms with E-state index in [1.54, 1.807) is 0 Å². The van der Waals surface area contributed by atoms with E-state index >= 15 is 0 Å². The van der Waals surface area contributed by atoms with E-state index in [0.29, 0.717) is 16.0 Å². The number of aromatic nitrogens is 3. The molecule has 0 unspecified atom stereocenters. The van der Waals surface area contributed by atoms with Gasteiger partial charge in [-0.2, -0.15) is 0 Å². The van der Waals surface area contributed by atoms with Gasteiger partial charge in [-0.1, -0.05) is 18.2 Å². The Labute approximate surface area is 119 Å². The van der Waals surface area contributed by atoms with Gasteiger partial charge in [-0.3, -0.25) is 10.1 Å². The van der Waals surface area contributed by atoms with Crippen molar-refractivity contribution in [3.05, 3.63) is 62.8 Å². The second kappa shape index (κ2) is 4.55. The van der Waals surface area contributed by atoms with E-state index in [9.17, 15) is 15.3 Å². The van der Waals surface area contributed by atoms with Gasteiger partial charge in [0.05, 0.1) is 16.1 Å². The number of hydrogen-bond acceptors (Lipinski definition) is 4. The largest absolute Gasteiger partial charge is 0.692 e. The van der Waals surface area contributed by atoms with E-state index in [1.165, 1.54) is 23.0 Å². The summed E-state index contributed by atoms with van der Waals surface area (Å²) in [6.45, 7) is 3.77. The van der Waals surface area contributed by atoms with Crippen LogP contribution in [0.15, 0.2) is 36.4 Å². The minimum Gasteiger partial charge on any atom is -0.692 e. The first kappa shape index (κ1) is 13.0. The van der Waals surface area contributed by atoms with Crippen LogP contribution >= 0.6 is 0 Å². The van der Waals surface area contributed by atoms with Crippen molar-refractivity contribution in [1.29, 1.82) is 0 Å². The van der Waals surface area contributed by atoms with E-state index in [2.05, 4.69) is 5.10 Å². The fraction of sp³-hybridized carbons (Fsp3) is 0.143. The van der Waals surface area contributed by atoms with Gasteiger partial charge in [-0.25, -0.2) is 0 Å². The fourth-order valence-electron chi connectivity index (χ4n) is 2.37. The molecule has 0 aliphatic heterocycles. The van der Waals surface area contributed by atoms with Gasteiger partial charge in [0.25, 0.3) is 11.2 Å². The van der Waals surface area contributed by atoms with Gasteiger partial charge in [-0.05, 0) is 29.8 Å². The average molecular weight is 284 g/mol. The molecule has 0 radical (unpaired) electrons. The predicted octanol–water partition coefficient (Wildman–Crippen LogP) is 2.18. The van der Waals surface area contributed by atoms with E-state index in [4.69, 9.17) is 0 Å². The molecule has 0 atom stereocenters. The van der Waals surface area contributed by atoms with Crippen molar-refractivity contribution in [3.8, 4) is 5.69 Å². The summed E-state index contributed by atoms with van der Waals surface area (Å²) >= 11 is 0. The molecule has 1 aromatic heterocycles. The van der Waals surface area contributed by atoms with Gasteiger partial charge in [0, 0.05) is 12.1 Å². The van der Waals surface area contributed by atoms with Crippen LogP contribution in [0.2, 0.25) is 0 Å². The average Bonchev–Trinajstić information content (AvgIpc) is 2.75. The molecule has 106 valence electrons. The third kappa shape index (κ3) is 1.99. The summed E-state index contributed by atoms with van der Waals surface area (Å²) < 4.78 is 0. The minimum atomic E-state index is -0.532. The van der Waals surface area contributed by atoms with Crippen LogP contribution in [0.25, 0.3) is 16.7 Å². The Morgan fingerprint density at radius 1 is 1.19 bits per heavy atom. The lowest BCUT2D eigenvalue weighted by molar-refractivity contribution is -0.664. The second-order valence-electron chi connectivity index (χ2n) is 4.83. The maximum atomic E-state index is 12.4. The number of para-hydroxylation sites is 1. The van der Waals surface area contributed by atoms with Crippen molar-refractivity contribution in [1.82, 2.24) is 9.90 Å². The molecule has 7 nitrogen and oxygen atoms in total. The maximum Gasteiger partial charge on any atom is 0.274 e. The Bertz CT molecular complexity index is 850. The molecular formula is C14H12N4O3. The van der Waals surface area contributed by atoms with Crippen LogP contribution in [-0.2, 0) is 0 Å². The summed E-state index contributed by atoms with van der Waals surface area (Å²) in [7, 11) is 0. The van der Waals surface area contributed by atoms with Crippen molar-refractivity contribution < 1.29 is 9.77 Å². The van der Waals surface area contributed by atoms with Gasteiger partial charge < -0.3 is 5.21 Å². The van der Waals surface area contributed by atoms with Gasteiger partial charge in [0.15, 0.2) is 0 Å². The molecule has 0 bridgehead atoms. The molecule has 1 heterocycles. The number of benzene rings is 2. The topological polar surface area (TPSA) is 87.9 Å². The Morgan fingerprint density at radius 2 is 1.86 bits per heavy atom. The fourth-order valence-corrected chi connectivity index (χ4v) is 2.37. The molecule has 0 saturated heterocycles. The number of non-ortho nitro benzene ring substituents is 1. The number of fused-ring (bicyclic) bond motifs is 1. The van der Waals surface area contributed by atoms with Crippen LogP contribution in [0.5, 0.6) is 0 Å². The number of rotatable bonds is 2. The Kier molecular flexibility index (Phi) is 2.83. The molecule has 3 rings (SSSR count). The van der Waals surface area contributed by atoms with Crippen molar-refractivity contribution in [2.45, 2.75) is 13.8 Å². The van der Waals surface area contributed by atoms with E-state index in [0.717, 1.165) is 11.1 Å².